The Balaban J connectivity index is 0.00000281. The van der Waals surface area contributed by atoms with Crippen molar-refractivity contribution in [3.8, 4) is 0 Å². The molecular formula is C26H48FN2O10P. The van der Waals surface area contributed by atoms with Crippen LogP contribution in [0.4, 0.5) is 4.39 Å². The first-order valence-electron chi connectivity index (χ1n) is 14.4. The maximum absolute atomic E-state index is 15.7. The van der Waals surface area contributed by atoms with Gasteiger partial charge in [0.15, 0.2) is 18.2 Å². The van der Waals surface area contributed by atoms with E-state index in [-0.39, 0.29) is 44.4 Å². The first-order chi connectivity index (χ1) is 20.1. The zero-order valence-corrected chi connectivity index (χ0v) is 25.4. The molecule has 2 aliphatic heterocycles. The summed E-state index contributed by atoms with van der Waals surface area (Å²) < 4.78 is 70.6. The molecule has 0 aromatic heterocycles. The predicted octanol–water partition coefficient (Wildman–Crippen LogP) is 2.44. The van der Waals surface area contributed by atoms with E-state index in [2.05, 4.69) is 5.11 Å². The summed E-state index contributed by atoms with van der Waals surface area (Å²) in [7, 11) is 1.16. The lowest BCUT2D eigenvalue weighted by Gasteiger charge is -2.37. The smallest absolute Gasteiger partial charge is 0.259 e. The number of methoxy groups -OCH3 is 1. The number of carbonyl (C=O) groups is 2. The van der Waals surface area contributed by atoms with Crippen molar-refractivity contribution in [2.45, 2.75) is 77.7 Å². The molecule has 0 aliphatic carbocycles. The Morgan fingerprint density at radius 1 is 1.12 bits per heavy atom. The lowest BCUT2D eigenvalue weighted by Crippen LogP contribution is -2.45. The van der Waals surface area contributed by atoms with Gasteiger partial charge in [-0.25, -0.2) is 9.06 Å². The lowest BCUT2D eigenvalue weighted by molar-refractivity contribution is -0.145. The Hall–Kier alpha value is -1.12. The van der Waals surface area contributed by atoms with Crippen molar-refractivity contribution in [1.82, 2.24) is 9.57 Å². The van der Waals surface area contributed by atoms with E-state index >= 15 is 4.39 Å². The summed E-state index contributed by atoms with van der Waals surface area (Å²) in [5.41, 5.74) is 0. The second-order valence-electron chi connectivity index (χ2n) is 9.31. The van der Waals surface area contributed by atoms with Gasteiger partial charge in [-0.05, 0) is 40.7 Å². The van der Waals surface area contributed by atoms with Crippen LogP contribution in [0.15, 0.2) is 12.3 Å². The average Bonchev–Trinajstić information content (AvgIpc) is 3.23. The normalized spacial score (nSPS) is 24.5. The summed E-state index contributed by atoms with van der Waals surface area (Å²) in [6, 6.07) is 0.0552. The number of ether oxygens (including phenoxy) is 5. The van der Waals surface area contributed by atoms with Gasteiger partial charge in [-0.1, -0.05) is 0 Å². The Bertz CT molecular complexity index is 781. The first-order valence-corrected chi connectivity index (χ1v) is 14.5. The van der Waals surface area contributed by atoms with Crippen LogP contribution in [0.5, 0.6) is 0 Å². The van der Waals surface area contributed by atoms with E-state index in [9.17, 15) is 9.59 Å². The van der Waals surface area contributed by atoms with Crippen molar-refractivity contribution in [3.05, 3.63) is 12.3 Å². The first kappa shape index (κ1) is 33.4. The fourth-order valence-corrected chi connectivity index (χ4v) is 5.65. The molecule has 1 fully saturated rings. The second-order valence-corrected chi connectivity index (χ2v) is 10.7. The molecule has 5 unspecified atom stereocenters. The van der Waals surface area contributed by atoms with Crippen molar-refractivity contribution >= 4 is 20.2 Å². The maximum atomic E-state index is 15.7. The number of amides is 1. The van der Waals surface area contributed by atoms with Gasteiger partial charge in [0.2, 0.25) is 7.34 Å². The fraction of sp³-hybridized carbons (Fsp3) is 0.846. The number of aliphatic hydroxyl groups excluding tert-OH is 1. The molecule has 14 heteroatoms. The average molecular weight is 602 g/mol. The molecule has 0 radical (unpaired) electrons. The van der Waals surface area contributed by atoms with Crippen LogP contribution in [0.2, 0.25) is 0 Å². The summed E-state index contributed by atoms with van der Waals surface area (Å²) in [5.74, 6) is -0.902. The summed E-state index contributed by atoms with van der Waals surface area (Å²) >= 11 is 0. The number of rotatable bonds is 19. The van der Waals surface area contributed by atoms with E-state index in [0.29, 0.717) is 39.6 Å². The Labute approximate surface area is 241 Å². The quantitative estimate of drug-likeness (QED) is 0.133. The van der Waals surface area contributed by atoms with E-state index in [4.69, 9.17) is 35.5 Å². The van der Waals surface area contributed by atoms with Crippen molar-refractivity contribution in [3.63, 3.8) is 0 Å². The third-order valence-electron chi connectivity index (χ3n) is 5.64. The fourth-order valence-electron chi connectivity index (χ4n) is 3.90. The highest BCUT2D eigenvalue weighted by atomic mass is 31.2. The van der Waals surface area contributed by atoms with E-state index in [1.165, 1.54) is 19.4 Å². The number of allylic oxidation sites excluding steroid dienone is 1. The van der Waals surface area contributed by atoms with Crippen molar-refractivity contribution in [1.29, 1.82) is 1.43 Å². The minimum atomic E-state index is -1.75. The Kier molecular flexibility index (Phi) is 17.3. The van der Waals surface area contributed by atoms with Crippen LogP contribution >= 0.6 is 8.53 Å². The standard InChI is InChI=1S/C25H44FN2O9P.CH4O/c1-18(2)28(19(3)4)38(35-16-15-34-14-13-33-12-11-32-10-9-31-6)37-24-20(5)36-25(23(24)26)27-8-7-21(29)17-22(27)30;1-2/h7-8,18-20,23-25H,9-17H2,1-6H3;2H,1H3/i5D;2T. The summed E-state index contributed by atoms with van der Waals surface area (Å²) in [6.45, 7) is 11.0. The number of aliphatic hydroxyl groups is 1. The maximum Gasteiger partial charge on any atom is 0.259 e. The number of hydrogen-bond donors (Lipinski definition) is 1. The Morgan fingerprint density at radius 3 is 2.17 bits per heavy atom. The number of carbonyl (C=O) groups excluding carboxylic acids is 2. The van der Waals surface area contributed by atoms with Gasteiger partial charge in [0.05, 0.1) is 65.4 Å². The highest BCUT2D eigenvalue weighted by Gasteiger charge is 2.50. The molecule has 12 nitrogen and oxygen atoms in total. The van der Waals surface area contributed by atoms with Gasteiger partial charge >= 0.3 is 0 Å². The van der Waals surface area contributed by atoms with Gasteiger partial charge in [-0.3, -0.25) is 14.5 Å². The second kappa shape index (κ2) is 20.7. The number of alkyl halides is 1. The van der Waals surface area contributed by atoms with Crippen molar-refractivity contribution < 1.29 is 53.2 Å². The summed E-state index contributed by atoms with van der Waals surface area (Å²) in [6.07, 6.45) is -2.94. The molecule has 0 aromatic carbocycles. The Morgan fingerprint density at radius 2 is 1.68 bits per heavy atom. The van der Waals surface area contributed by atoms with Crippen molar-refractivity contribution in [2.24, 2.45) is 0 Å². The summed E-state index contributed by atoms with van der Waals surface area (Å²) in [4.78, 5) is 25.0. The summed E-state index contributed by atoms with van der Waals surface area (Å²) in [5, 5.41) is 3.50. The highest BCUT2D eigenvalue weighted by molar-refractivity contribution is 7.44. The molecule has 40 heavy (non-hydrogen) atoms. The number of ketones is 1. The van der Waals surface area contributed by atoms with Crippen molar-refractivity contribution in [2.75, 3.05) is 67.1 Å². The van der Waals surface area contributed by atoms with Crippen LogP contribution in [0.1, 0.15) is 42.4 Å². The topological polar surface area (TPSA) is 125 Å². The minimum absolute atomic E-state index is 0.0276. The third-order valence-corrected chi connectivity index (χ3v) is 7.77. The molecule has 1 saturated heterocycles. The molecule has 2 aliphatic rings. The molecule has 234 valence electrons. The van der Waals surface area contributed by atoms with E-state index in [1.807, 2.05) is 32.4 Å². The van der Waals surface area contributed by atoms with Crippen LogP contribution in [0.3, 0.4) is 0 Å². The van der Waals surface area contributed by atoms with Crippen LogP contribution in [0, 0.1) is 0 Å². The molecule has 5 atom stereocenters. The van der Waals surface area contributed by atoms with Gasteiger partial charge in [-0.15, -0.1) is 0 Å². The van der Waals surface area contributed by atoms with Gasteiger partial charge < -0.3 is 37.8 Å². The monoisotopic (exact) mass is 601 g/mol. The van der Waals surface area contributed by atoms with Gasteiger partial charge in [0.25, 0.3) is 8.53 Å². The SMILES string of the molecule is [2H]CC1OC(N2C=CC(=O)CC2=O)C(F)C1OP(OCCOCCOCCOCCOC)N(C(C)C)C(C)C.[3H]OC. The number of halogens is 1. The lowest BCUT2D eigenvalue weighted by atomic mass is 10.1. The zero-order chi connectivity index (χ0) is 31.5. The van der Waals surface area contributed by atoms with E-state index in [1.54, 1.807) is 7.11 Å². The molecule has 0 spiro atoms. The van der Waals surface area contributed by atoms with E-state index in [0.717, 1.165) is 4.90 Å². The highest BCUT2D eigenvalue weighted by Crippen LogP contribution is 2.49. The third kappa shape index (κ3) is 12.4. The van der Waals surface area contributed by atoms with Gasteiger partial charge in [0, 0.05) is 33.9 Å². The molecule has 1 N–H and O–H groups in total. The van der Waals surface area contributed by atoms with Crippen LogP contribution < -0.4 is 0 Å². The van der Waals surface area contributed by atoms with Gasteiger partial charge in [0.1, 0.15) is 6.10 Å². The molecule has 2 rings (SSSR count). The zero-order valence-electron chi connectivity index (χ0n) is 26.5. The molecular weight excluding hydrogens is 550 g/mol. The number of nitrogens with zero attached hydrogens (tertiary/aromatic N) is 2. The van der Waals surface area contributed by atoms with Crippen LogP contribution in [0.25, 0.3) is 0 Å². The molecule has 2 heterocycles. The van der Waals surface area contributed by atoms with E-state index < -0.39 is 39.0 Å². The number of hydrogen-bond acceptors (Lipinski definition) is 11. The van der Waals surface area contributed by atoms with Crippen LogP contribution in [-0.4, -0.2) is 132 Å². The molecule has 0 bridgehead atoms. The molecule has 1 amide bonds. The molecule has 0 aromatic rings. The predicted molar refractivity (Wildman–Crippen MR) is 147 cm³/mol. The van der Waals surface area contributed by atoms with Gasteiger partial charge in [-0.2, -0.15) is 0 Å². The van der Waals surface area contributed by atoms with Crippen LogP contribution in [-0.2, 0) is 42.3 Å². The minimum Gasteiger partial charge on any atom is -0.400 e. The molecule has 0 saturated carbocycles. The largest absolute Gasteiger partial charge is 0.400 e.